The Morgan fingerprint density at radius 2 is 1.89 bits per heavy atom. The van der Waals surface area contributed by atoms with Crippen molar-refractivity contribution >= 4 is 0 Å². The molecule has 6 heteroatoms. The predicted octanol–water partition coefficient (Wildman–Crippen LogP) is 2.60. The maximum Gasteiger partial charge on any atom is 0.390 e. The molecule has 2 heterocycles. The van der Waals surface area contributed by atoms with Gasteiger partial charge in [0, 0.05) is 26.2 Å². The minimum Gasteiger partial charge on any atom is -0.376 e. The van der Waals surface area contributed by atoms with E-state index in [0.29, 0.717) is 19.7 Å². The van der Waals surface area contributed by atoms with E-state index >= 15 is 0 Å². The first-order valence-corrected chi connectivity index (χ1v) is 7.05. The lowest BCUT2D eigenvalue weighted by atomic mass is 10.1. The molecule has 3 nitrogen and oxygen atoms in total. The first-order valence-electron chi connectivity index (χ1n) is 7.05. The van der Waals surface area contributed by atoms with Crippen molar-refractivity contribution in [3.63, 3.8) is 0 Å². The van der Waals surface area contributed by atoms with Crippen LogP contribution in [0.3, 0.4) is 0 Å². The van der Waals surface area contributed by atoms with Crippen LogP contribution >= 0.6 is 0 Å². The van der Waals surface area contributed by atoms with Crippen LogP contribution in [-0.2, 0) is 9.47 Å². The quantitative estimate of drug-likeness (QED) is 0.773. The lowest BCUT2D eigenvalue weighted by Crippen LogP contribution is -2.39. The summed E-state index contributed by atoms with van der Waals surface area (Å²) in [6.07, 6.45) is -0.542. The van der Waals surface area contributed by atoms with E-state index in [1.807, 2.05) is 4.90 Å². The van der Waals surface area contributed by atoms with Crippen LogP contribution in [0.2, 0.25) is 0 Å². The molecule has 2 saturated heterocycles. The van der Waals surface area contributed by atoms with E-state index in [0.717, 1.165) is 32.3 Å². The molecule has 0 saturated carbocycles. The van der Waals surface area contributed by atoms with Crippen LogP contribution in [0.5, 0.6) is 0 Å². The molecular formula is C13H22F3NO2. The zero-order valence-electron chi connectivity index (χ0n) is 11.1. The second kappa shape index (κ2) is 6.90. The third-order valence-electron chi connectivity index (χ3n) is 3.79. The smallest absolute Gasteiger partial charge is 0.376 e. The van der Waals surface area contributed by atoms with Crippen molar-refractivity contribution in [3.05, 3.63) is 0 Å². The molecule has 2 fully saturated rings. The minimum atomic E-state index is -4.05. The van der Waals surface area contributed by atoms with Gasteiger partial charge in [-0.3, -0.25) is 0 Å². The third kappa shape index (κ3) is 5.67. The molecule has 2 rings (SSSR count). The monoisotopic (exact) mass is 281 g/mol. The fourth-order valence-corrected chi connectivity index (χ4v) is 2.60. The second-order valence-electron chi connectivity index (χ2n) is 5.37. The molecule has 0 bridgehead atoms. The lowest BCUT2D eigenvalue weighted by Gasteiger charge is -2.32. The van der Waals surface area contributed by atoms with E-state index in [9.17, 15) is 13.2 Å². The molecule has 0 aromatic rings. The molecule has 1 atom stereocenters. The van der Waals surface area contributed by atoms with Crippen molar-refractivity contribution in [1.82, 2.24) is 4.90 Å². The van der Waals surface area contributed by atoms with Gasteiger partial charge in [0.15, 0.2) is 0 Å². The number of alkyl halides is 3. The number of nitrogens with zero attached hydrogens (tertiary/aromatic N) is 1. The molecule has 0 aromatic carbocycles. The molecule has 0 radical (unpaired) electrons. The highest BCUT2D eigenvalue weighted by Crippen LogP contribution is 2.22. The second-order valence-corrected chi connectivity index (χ2v) is 5.37. The third-order valence-corrected chi connectivity index (χ3v) is 3.79. The maximum absolute atomic E-state index is 12.1. The number of halogens is 3. The zero-order chi connectivity index (χ0) is 13.7. The summed E-state index contributed by atoms with van der Waals surface area (Å²) in [5, 5.41) is 0. The van der Waals surface area contributed by atoms with Gasteiger partial charge < -0.3 is 14.4 Å². The van der Waals surface area contributed by atoms with Crippen LogP contribution in [0.25, 0.3) is 0 Å². The molecule has 2 aliphatic rings. The van der Waals surface area contributed by atoms with Crippen LogP contribution in [0.1, 0.15) is 32.1 Å². The molecule has 0 aliphatic carbocycles. The van der Waals surface area contributed by atoms with E-state index in [1.54, 1.807) is 0 Å². The highest BCUT2D eigenvalue weighted by atomic mass is 19.4. The van der Waals surface area contributed by atoms with Gasteiger partial charge in [0.2, 0.25) is 0 Å². The first-order chi connectivity index (χ1) is 9.03. The van der Waals surface area contributed by atoms with Crippen LogP contribution in [0.4, 0.5) is 13.2 Å². The molecule has 19 heavy (non-hydrogen) atoms. The number of likely N-dealkylation sites (tertiary alicyclic amines) is 1. The van der Waals surface area contributed by atoms with Gasteiger partial charge >= 0.3 is 6.18 Å². The fourth-order valence-electron chi connectivity index (χ4n) is 2.60. The van der Waals surface area contributed by atoms with Gasteiger partial charge in [0.1, 0.15) is 0 Å². The largest absolute Gasteiger partial charge is 0.390 e. The van der Waals surface area contributed by atoms with Gasteiger partial charge in [-0.2, -0.15) is 13.2 Å². The van der Waals surface area contributed by atoms with E-state index in [-0.39, 0.29) is 18.8 Å². The van der Waals surface area contributed by atoms with E-state index in [2.05, 4.69) is 0 Å². The van der Waals surface area contributed by atoms with Crippen LogP contribution in [0, 0.1) is 0 Å². The number of hydrogen-bond donors (Lipinski definition) is 0. The fraction of sp³-hybridized carbons (Fsp3) is 1.00. The van der Waals surface area contributed by atoms with Gasteiger partial charge in [-0.1, -0.05) is 0 Å². The van der Waals surface area contributed by atoms with Gasteiger partial charge in [-0.05, 0) is 25.7 Å². The Hall–Kier alpha value is -0.330. The molecule has 0 N–H and O–H groups in total. The first kappa shape index (κ1) is 15.1. The molecular weight excluding hydrogens is 259 g/mol. The summed E-state index contributed by atoms with van der Waals surface area (Å²) in [5.74, 6) is 0. The summed E-state index contributed by atoms with van der Waals surface area (Å²) >= 11 is 0. The summed E-state index contributed by atoms with van der Waals surface area (Å²) in [7, 11) is 0. The van der Waals surface area contributed by atoms with Crippen molar-refractivity contribution in [2.45, 2.75) is 50.5 Å². The normalized spacial score (nSPS) is 27.0. The van der Waals surface area contributed by atoms with E-state index in [4.69, 9.17) is 9.47 Å². The zero-order valence-corrected chi connectivity index (χ0v) is 11.1. The Morgan fingerprint density at radius 1 is 1.16 bits per heavy atom. The lowest BCUT2D eigenvalue weighted by molar-refractivity contribution is -0.139. The van der Waals surface area contributed by atoms with Crippen LogP contribution in [-0.4, -0.2) is 56.1 Å². The van der Waals surface area contributed by atoms with Gasteiger partial charge in [0.25, 0.3) is 0 Å². The Balaban J connectivity index is 1.57. The molecule has 0 spiro atoms. The Bertz CT molecular complexity index is 259. The topological polar surface area (TPSA) is 21.7 Å². The molecule has 2 aliphatic heterocycles. The van der Waals surface area contributed by atoms with Crippen LogP contribution < -0.4 is 0 Å². The van der Waals surface area contributed by atoms with Crippen molar-refractivity contribution in [2.75, 3.05) is 32.8 Å². The van der Waals surface area contributed by atoms with E-state index in [1.165, 1.54) is 0 Å². The van der Waals surface area contributed by atoms with Gasteiger partial charge in [-0.15, -0.1) is 0 Å². The number of ether oxygens (including phenoxy) is 2. The Labute approximate surface area is 112 Å². The summed E-state index contributed by atoms with van der Waals surface area (Å²) < 4.78 is 47.6. The standard InChI is InChI=1S/C13H22F3NO2/c14-13(15,16)5-8-17-6-3-11(4-7-17)19-10-12-2-1-9-18-12/h11-12H,1-10H2/t12-/m0/s1. The summed E-state index contributed by atoms with van der Waals surface area (Å²) in [6, 6.07) is 0. The highest BCUT2D eigenvalue weighted by Gasteiger charge is 2.29. The summed E-state index contributed by atoms with van der Waals surface area (Å²) in [6.45, 7) is 2.97. The van der Waals surface area contributed by atoms with Gasteiger partial charge in [-0.25, -0.2) is 0 Å². The average molecular weight is 281 g/mol. The maximum atomic E-state index is 12.1. The molecule has 0 amide bonds. The number of rotatable bonds is 5. The molecule has 0 aromatic heterocycles. The van der Waals surface area contributed by atoms with Gasteiger partial charge in [0.05, 0.1) is 25.2 Å². The Morgan fingerprint density at radius 3 is 2.47 bits per heavy atom. The molecule has 0 unspecified atom stereocenters. The minimum absolute atomic E-state index is 0.113. The molecule has 112 valence electrons. The van der Waals surface area contributed by atoms with Crippen molar-refractivity contribution in [3.8, 4) is 0 Å². The van der Waals surface area contributed by atoms with Crippen LogP contribution in [0.15, 0.2) is 0 Å². The highest BCUT2D eigenvalue weighted by molar-refractivity contribution is 4.74. The van der Waals surface area contributed by atoms with Crippen molar-refractivity contribution in [2.24, 2.45) is 0 Å². The summed E-state index contributed by atoms with van der Waals surface area (Å²) in [4.78, 5) is 1.87. The Kier molecular flexibility index (Phi) is 5.47. The number of hydrogen-bond acceptors (Lipinski definition) is 3. The van der Waals surface area contributed by atoms with Crippen molar-refractivity contribution < 1.29 is 22.6 Å². The number of piperidine rings is 1. The average Bonchev–Trinajstić information content (AvgIpc) is 2.87. The van der Waals surface area contributed by atoms with E-state index < -0.39 is 12.6 Å². The predicted molar refractivity (Wildman–Crippen MR) is 65.1 cm³/mol. The SMILES string of the molecule is FC(F)(F)CCN1CCC(OC[C@@H]2CCCO2)CC1. The summed E-state index contributed by atoms with van der Waals surface area (Å²) in [5.41, 5.74) is 0. The van der Waals surface area contributed by atoms with Crippen molar-refractivity contribution in [1.29, 1.82) is 0 Å².